The Kier molecular flexibility index (Phi) is 2.33. The van der Waals surface area contributed by atoms with E-state index in [9.17, 15) is 0 Å². The molecule has 64 valence electrons. The third-order valence-electron chi connectivity index (χ3n) is 1.56. The topological polar surface area (TPSA) is 52.5 Å². The Labute approximate surface area is 92.5 Å². The lowest BCUT2D eigenvalue weighted by molar-refractivity contribution is 1.10. The molecule has 5 heteroatoms. The zero-order valence-corrected chi connectivity index (χ0v) is 9.39. The van der Waals surface area contributed by atoms with E-state index in [0.717, 1.165) is 19.0 Å². The number of aromatic nitrogens is 2. The number of nitriles is 1. The van der Waals surface area contributed by atoms with Gasteiger partial charge in [-0.2, -0.15) is 10.4 Å². The van der Waals surface area contributed by atoms with Gasteiger partial charge in [0.1, 0.15) is 10.9 Å². The number of H-pyrrole nitrogens is 1. The summed E-state index contributed by atoms with van der Waals surface area (Å²) in [6, 6.07) is 5.86. The highest BCUT2D eigenvalue weighted by atomic mass is 127. The molecule has 0 atom stereocenters. The number of hydrogen-bond acceptors (Lipinski definition) is 3. The third kappa shape index (κ3) is 1.59. The smallest absolute Gasteiger partial charge is 0.110 e. The van der Waals surface area contributed by atoms with Crippen molar-refractivity contribution < 1.29 is 0 Å². The van der Waals surface area contributed by atoms with E-state index in [1.165, 1.54) is 11.3 Å². The van der Waals surface area contributed by atoms with Crippen LogP contribution in [0.4, 0.5) is 0 Å². The summed E-state index contributed by atoms with van der Waals surface area (Å²) in [5.41, 5.74) is 0.993. The van der Waals surface area contributed by atoms with Gasteiger partial charge >= 0.3 is 0 Å². The predicted molar refractivity (Wildman–Crippen MR) is 59.3 cm³/mol. The van der Waals surface area contributed by atoms with E-state index in [2.05, 4.69) is 38.9 Å². The molecular weight excluding hydrogens is 297 g/mol. The van der Waals surface area contributed by atoms with Gasteiger partial charge in [-0.1, -0.05) is 0 Å². The van der Waals surface area contributed by atoms with E-state index < -0.39 is 0 Å². The fraction of sp³-hybridized carbons (Fsp3) is 0. The Morgan fingerprint density at radius 2 is 2.38 bits per heavy atom. The molecule has 0 aliphatic rings. The lowest BCUT2D eigenvalue weighted by Crippen LogP contribution is -1.73. The monoisotopic (exact) mass is 301 g/mol. The molecule has 0 bridgehead atoms. The summed E-state index contributed by atoms with van der Waals surface area (Å²) in [5.74, 6) is 0. The van der Waals surface area contributed by atoms with Crippen molar-refractivity contribution in [3.05, 3.63) is 26.8 Å². The van der Waals surface area contributed by atoms with Gasteiger partial charge < -0.3 is 0 Å². The van der Waals surface area contributed by atoms with Crippen LogP contribution in [0.15, 0.2) is 18.3 Å². The first kappa shape index (κ1) is 8.72. The molecule has 13 heavy (non-hydrogen) atoms. The summed E-state index contributed by atoms with van der Waals surface area (Å²) >= 11 is 3.68. The molecule has 0 spiro atoms. The maximum absolute atomic E-state index is 8.65. The molecular formula is C8H4IN3S. The fourth-order valence-corrected chi connectivity index (χ4v) is 2.52. The van der Waals surface area contributed by atoms with Crippen molar-refractivity contribution in [2.24, 2.45) is 0 Å². The number of nitrogens with zero attached hydrogens (tertiary/aromatic N) is 2. The average molecular weight is 301 g/mol. The molecule has 0 aromatic carbocycles. The molecule has 1 N–H and O–H groups in total. The first-order valence-corrected chi connectivity index (χ1v) is 5.40. The first-order chi connectivity index (χ1) is 6.31. The van der Waals surface area contributed by atoms with Crippen molar-refractivity contribution in [1.29, 1.82) is 5.26 Å². The lowest BCUT2D eigenvalue weighted by atomic mass is 10.3. The van der Waals surface area contributed by atoms with Crippen LogP contribution in [0.25, 0.3) is 10.6 Å². The molecule has 2 aromatic rings. The Balaban J connectivity index is 2.48. The molecule has 2 rings (SSSR count). The van der Waals surface area contributed by atoms with Crippen molar-refractivity contribution in [1.82, 2.24) is 10.2 Å². The number of rotatable bonds is 1. The average Bonchev–Trinajstić information content (AvgIpc) is 2.71. The Bertz CT molecular complexity index is 466. The second kappa shape index (κ2) is 3.47. The summed E-state index contributed by atoms with van der Waals surface area (Å²) in [4.78, 5) is 1.78. The Morgan fingerprint density at radius 3 is 2.92 bits per heavy atom. The van der Waals surface area contributed by atoms with Crippen molar-refractivity contribution in [2.75, 3.05) is 0 Å². The molecule has 0 radical (unpaired) electrons. The van der Waals surface area contributed by atoms with Crippen LogP contribution in [-0.2, 0) is 0 Å². The van der Waals surface area contributed by atoms with Gasteiger partial charge in [-0.3, -0.25) is 5.10 Å². The van der Waals surface area contributed by atoms with Crippen molar-refractivity contribution >= 4 is 33.9 Å². The highest BCUT2D eigenvalue weighted by Gasteiger charge is 2.07. The standard InChI is InChI=1S/C8H4IN3S/c9-6-4-11-12-8(6)7-2-1-5(3-10)13-7/h1-2,4H,(H,11,12). The third-order valence-corrected chi connectivity index (χ3v) is 3.38. The zero-order chi connectivity index (χ0) is 9.26. The normalized spacial score (nSPS) is 9.85. The maximum Gasteiger partial charge on any atom is 0.110 e. The van der Waals surface area contributed by atoms with Gasteiger partial charge in [0.25, 0.3) is 0 Å². The molecule has 2 heterocycles. The van der Waals surface area contributed by atoms with Gasteiger partial charge in [0.15, 0.2) is 0 Å². The molecule has 2 aromatic heterocycles. The van der Waals surface area contributed by atoms with Gasteiger partial charge in [-0.15, -0.1) is 11.3 Å². The minimum Gasteiger partial charge on any atom is -0.276 e. The van der Waals surface area contributed by atoms with Crippen LogP contribution in [0.5, 0.6) is 0 Å². The Hall–Kier alpha value is -0.870. The summed E-state index contributed by atoms with van der Waals surface area (Å²) in [6.45, 7) is 0. The van der Waals surface area contributed by atoms with Gasteiger partial charge in [0.2, 0.25) is 0 Å². The molecule has 0 saturated carbocycles. The van der Waals surface area contributed by atoms with Crippen LogP contribution in [0.3, 0.4) is 0 Å². The molecule has 3 nitrogen and oxygen atoms in total. The van der Waals surface area contributed by atoms with Crippen LogP contribution in [0, 0.1) is 14.9 Å². The van der Waals surface area contributed by atoms with Gasteiger partial charge in [0, 0.05) is 0 Å². The van der Waals surface area contributed by atoms with Gasteiger partial charge in [-0.05, 0) is 34.7 Å². The minimum absolute atomic E-state index is 0.723. The van der Waals surface area contributed by atoms with E-state index in [0.29, 0.717) is 0 Å². The second-order valence-electron chi connectivity index (χ2n) is 2.37. The molecule has 0 unspecified atom stereocenters. The van der Waals surface area contributed by atoms with Crippen molar-refractivity contribution in [2.45, 2.75) is 0 Å². The fourth-order valence-electron chi connectivity index (χ4n) is 0.977. The van der Waals surface area contributed by atoms with Crippen LogP contribution >= 0.6 is 33.9 Å². The molecule has 0 fully saturated rings. The molecule has 0 aliphatic heterocycles. The van der Waals surface area contributed by atoms with Crippen LogP contribution < -0.4 is 0 Å². The van der Waals surface area contributed by atoms with Crippen LogP contribution in [-0.4, -0.2) is 10.2 Å². The number of aromatic amines is 1. The molecule has 0 amide bonds. The first-order valence-electron chi connectivity index (χ1n) is 3.50. The van der Waals surface area contributed by atoms with E-state index in [-0.39, 0.29) is 0 Å². The van der Waals surface area contributed by atoms with Crippen LogP contribution in [0.2, 0.25) is 0 Å². The number of hydrogen-bond donors (Lipinski definition) is 1. The quantitative estimate of drug-likeness (QED) is 0.823. The summed E-state index contributed by atoms with van der Waals surface area (Å²) < 4.78 is 1.07. The largest absolute Gasteiger partial charge is 0.276 e. The molecule has 0 aliphatic carbocycles. The minimum atomic E-state index is 0.723. The van der Waals surface area contributed by atoms with E-state index in [1.54, 1.807) is 6.20 Å². The predicted octanol–water partition coefficient (Wildman–Crippen LogP) is 2.61. The van der Waals surface area contributed by atoms with Crippen molar-refractivity contribution in [3.63, 3.8) is 0 Å². The van der Waals surface area contributed by atoms with Gasteiger partial charge in [-0.25, -0.2) is 0 Å². The van der Waals surface area contributed by atoms with E-state index in [1.807, 2.05) is 12.1 Å². The number of nitrogens with one attached hydrogen (secondary N) is 1. The van der Waals surface area contributed by atoms with E-state index in [4.69, 9.17) is 5.26 Å². The second-order valence-corrected chi connectivity index (χ2v) is 4.61. The summed E-state index contributed by atoms with van der Waals surface area (Å²) in [5, 5.41) is 15.5. The summed E-state index contributed by atoms with van der Waals surface area (Å²) in [7, 11) is 0. The highest BCUT2D eigenvalue weighted by molar-refractivity contribution is 14.1. The zero-order valence-electron chi connectivity index (χ0n) is 6.41. The van der Waals surface area contributed by atoms with Crippen LogP contribution in [0.1, 0.15) is 4.88 Å². The van der Waals surface area contributed by atoms with Crippen molar-refractivity contribution in [3.8, 4) is 16.6 Å². The lowest BCUT2D eigenvalue weighted by Gasteiger charge is -1.90. The number of thiophene rings is 1. The van der Waals surface area contributed by atoms with E-state index >= 15 is 0 Å². The molecule has 0 saturated heterocycles. The Morgan fingerprint density at radius 1 is 1.54 bits per heavy atom. The SMILES string of the molecule is N#Cc1ccc(-c2[nH]ncc2I)s1. The maximum atomic E-state index is 8.65. The van der Waals surface area contributed by atoms with Gasteiger partial charge in [0.05, 0.1) is 20.3 Å². The highest BCUT2D eigenvalue weighted by Crippen LogP contribution is 2.29. The summed E-state index contributed by atoms with van der Waals surface area (Å²) in [6.07, 6.45) is 1.77. The number of halogens is 1.